The maximum absolute atomic E-state index is 12.0. The van der Waals surface area contributed by atoms with E-state index in [2.05, 4.69) is 4.98 Å². The summed E-state index contributed by atoms with van der Waals surface area (Å²) < 4.78 is 1.14. The minimum absolute atomic E-state index is 0.0328. The van der Waals surface area contributed by atoms with Crippen molar-refractivity contribution in [2.75, 3.05) is 25.2 Å². The van der Waals surface area contributed by atoms with Gasteiger partial charge in [-0.05, 0) is 19.1 Å². The van der Waals surface area contributed by atoms with Crippen LogP contribution in [0.1, 0.15) is 18.0 Å². The van der Waals surface area contributed by atoms with Gasteiger partial charge in [0.2, 0.25) is 5.91 Å². The van der Waals surface area contributed by atoms with Crippen molar-refractivity contribution in [2.45, 2.75) is 13.0 Å². The van der Waals surface area contributed by atoms with E-state index in [-0.39, 0.29) is 18.6 Å². The summed E-state index contributed by atoms with van der Waals surface area (Å²) in [4.78, 5) is 18.4. The van der Waals surface area contributed by atoms with Crippen LogP contribution in [0.2, 0.25) is 0 Å². The fourth-order valence-electron chi connectivity index (χ4n) is 1.78. The van der Waals surface area contributed by atoms with Crippen LogP contribution in [0, 0.1) is 0 Å². The van der Waals surface area contributed by atoms with Crippen LogP contribution in [0.5, 0.6) is 0 Å². The molecule has 0 aliphatic rings. The molecule has 1 amide bonds. The SMILES string of the molecule is C[C@@H](c1nc2ccccc2s1)N(C)C(=O)CSCCO. The number of benzene rings is 1. The molecule has 20 heavy (non-hydrogen) atoms. The summed E-state index contributed by atoms with van der Waals surface area (Å²) in [7, 11) is 1.80. The van der Waals surface area contributed by atoms with Crippen molar-refractivity contribution in [1.82, 2.24) is 9.88 Å². The van der Waals surface area contributed by atoms with Crippen LogP contribution >= 0.6 is 23.1 Å². The van der Waals surface area contributed by atoms with Crippen LogP contribution < -0.4 is 0 Å². The number of para-hydroxylation sites is 1. The summed E-state index contributed by atoms with van der Waals surface area (Å²) in [5.41, 5.74) is 0.981. The predicted octanol–water partition coefficient (Wildman–Crippen LogP) is 2.54. The number of aliphatic hydroxyl groups excluding tert-OH is 1. The molecule has 0 aliphatic carbocycles. The molecule has 1 aromatic carbocycles. The van der Waals surface area contributed by atoms with Crippen LogP contribution in [0.4, 0.5) is 0 Å². The van der Waals surface area contributed by atoms with Gasteiger partial charge in [0, 0.05) is 12.8 Å². The molecule has 0 fully saturated rings. The number of nitrogens with zero attached hydrogens (tertiary/aromatic N) is 2. The molecule has 0 unspecified atom stereocenters. The minimum atomic E-state index is -0.0328. The number of hydrogen-bond donors (Lipinski definition) is 1. The molecule has 0 spiro atoms. The van der Waals surface area contributed by atoms with Gasteiger partial charge in [0.1, 0.15) is 5.01 Å². The standard InChI is InChI=1S/C14H18N2O2S2/c1-10(16(2)13(18)9-19-8-7-17)14-15-11-5-3-4-6-12(11)20-14/h3-6,10,17H,7-9H2,1-2H3/t10-/m0/s1. The Morgan fingerprint density at radius 1 is 1.50 bits per heavy atom. The first-order valence-corrected chi connectivity index (χ1v) is 8.40. The molecule has 1 atom stereocenters. The number of aromatic nitrogens is 1. The van der Waals surface area contributed by atoms with Crippen LogP contribution in [0.25, 0.3) is 10.2 Å². The molecule has 0 saturated carbocycles. The minimum Gasteiger partial charge on any atom is -0.396 e. The van der Waals surface area contributed by atoms with Gasteiger partial charge in [-0.15, -0.1) is 23.1 Å². The van der Waals surface area contributed by atoms with Gasteiger partial charge in [0.15, 0.2) is 0 Å². The van der Waals surface area contributed by atoms with E-state index in [1.54, 1.807) is 23.3 Å². The first-order chi connectivity index (χ1) is 9.63. The van der Waals surface area contributed by atoms with Gasteiger partial charge >= 0.3 is 0 Å². The van der Waals surface area contributed by atoms with Crippen molar-refractivity contribution in [3.05, 3.63) is 29.3 Å². The van der Waals surface area contributed by atoms with Gasteiger partial charge in [0.25, 0.3) is 0 Å². The van der Waals surface area contributed by atoms with Crippen LogP contribution in [0.15, 0.2) is 24.3 Å². The highest BCUT2D eigenvalue weighted by atomic mass is 32.2. The smallest absolute Gasteiger partial charge is 0.232 e. The lowest BCUT2D eigenvalue weighted by Gasteiger charge is -2.23. The summed E-state index contributed by atoms with van der Waals surface area (Å²) >= 11 is 3.08. The lowest BCUT2D eigenvalue weighted by atomic mass is 10.3. The second-order valence-electron chi connectivity index (χ2n) is 4.48. The predicted molar refractivity (Wildman–Crippen MR) is 85.2 cm³/mol. The summed E-state index contributed by atoms with van der Waals surface area (Å²) in [6.45, 7) is 2.10. The molecular formula is C14H18N2O2S2. The zero-order valence-corrected chi connectivity index (χ0v) is 13.2. The fraction of sp³-hybridized carbons (Fsp3) is 0.429. The van der Waals surface area contributed by atoms with E-state index >= 15 is 0 Å². The Bertz CT molecular complexity index is 552. The third-order valence-electron chi connectivity index (χ3n) is 3.10. The number of carbonyl (C=O) groups excluding carboxylic acids is 1. The van der Waals surface area contributed by atoms with Gasteiger partial charge in [-0.3, -0.25) is 4.79 Å². The lowest BCUT2D eigenvalue weighted by Crippen LogP contribution is -2.31. The van der Waals surface area contributed by atoms with Gasteiger partial charge in [-0.2, -0.15) is 0 Å². The fourth-order valence-corrected chi connectivity index (χ4v) is 3.49. The normalized spacial score (nSPS) is 12.6. The Labute approximate surface area is 126 Å². The Morgan fingerprint density at radius 2 is 2.25 bits per heavy atom. The molecule has 0 saturated heterocycles. The highest BCUT2D eigenvalue weighted by Gasteiger charge is 2.20. The average molecular weight is 310 g/mol. The van der Waals surface area contributed by atoms with Crippen molar-refractivity contribution in [3.63, 3.8) is 0 Å². The molecule has 2 aromatic rings. The molecule has 4 nitrogen and oxygen atoms in total. The van der Waals surface area contributed by atoms with Gasteiger partial charge in [0.05, 0.1) is 28.6 Å². The summed E-state index contributed by atoms with van der Waals surface area (Å²) in [5.74, 6) is 1.05. The molecular weight excluding hydrogens is 292 g/mol. The second-order valence-corrected chi connectivity index (χ2v) is 6.64. The lowest BCUT2D eigenvalue weighted by molar-refractivity contribution is -0.128. The number of fused-ring (bicyclic) bond motifs is 1. The van der Waals surface area contributed by atoms with E-state index in [1.807, 2.05) is 31.2 Å². The van der Waals surface area contributed by atoms with Gasteiger partial charge < -0.3 is 10.0 Å². The number of amides is 1. The van der Waals surface area contributed by atoms with Crippen LogP contribution in [0.3, 0.4) is 0 Å². The third kappa shape index (κ3) is 3.50. The molecule has 1 N–H and O–H groups in total. The van der Waals surface area contributed by atoms with Crippen molar-refractivity contribution < 1.29 is 9.90 Å². The molecule has 6 heteroatoms. The van der Waals surface area contributed by atoms with Crippen LogP contribution in [-0.2, 0) is 4.79 Å². The highest BCUT2D eigenvalue weighted by molar-refractivity contribution is 7.99. The van der Waals surface area contributed by atoms with Crippen LogP contribution in [-0.4, -0.2) is 46.1 Å². The Morgan fingerprint density at radius 3 is 2.95 bits per heavy atom. The number of aliphatic hydroxyl groups is 1. The number of hydrogen-bond acceptors (Lipinski definition) is 5. The molecule has 1 aromatic heterocycles. The monoisotopic (exact) mass is 310 g/mol. The maximum atomic E-state index is 12.0. The number of thiazole rings is 1. The largest absolute Gasteiger partial charge is 0.396 e. The topological polar surface area (TPSA) is 53.4 Å². The van der Waals surface area contributed by atoms with Gasteiger partial charge in [-0.25, -0.2) is 4.98 Å². The van der Waals surface area contributed by atoms with E-state index in [0.29, 0.717) is 11.5 Å². The quantitative estimate of drug-likeness (QED) is 0.833. The Balaban J connectivity index is 2.05. The second kappa shape index (κ2) is 7.06. The number of thioether (sulfide) groups is 1. The Kier molecular flexibility index (Phi) is 5.39. The number of rotatable bonds is 6. The third-order valence-corrected chi connectivity index (χ3v) is 5.23. The zero-order valence-electron chi connectivity index (χ0n) is 11.6. The first-order valence-electron chi connectivity index (χ1n) is 6.43. The Hall–Kier alpha value is -1.11. The van der Waals surface area contributed by atoms with E-state index < -0.39 is 0 Å². The van der Waals surface area contributed by atoms with E-state index in [4.69, 9.17) is 5.11 Å². The molecule has 0 aliphatic heterocycles. The average Bonchev–Trinajstić information content (AvgIpc) is 2.89. The first kappa shape index (κ1) is 15.3. The van der Waals surface area contributed by atoms with E-state index in [1.165, 1.54) is 11.8 Å². The number of carbonyl (C=O) groups is 1. The molecule has 108 valence electrons. The highest BCUT2D eigenvalue weighted by Crippen LogP contribution is 2.28. The molecule has 1 heterocycles. The summed E-state index contributed by atoms with van der Waals surface area (Å²) in [6.07, 6.45) is 0. The maximum Gasteiger partial charge on any atom is 0.232 e. The summed E-state index contributed by atoms with van der Waals surface area (Å²) in [5, 5.41) is 9.68. The van der Waals surface area contributed by atoms with E-state index in [0.717, 1.165) is 15.2 Å². The van der Waals surface area contributed by atoms with Crippen molar-refractivity contribution in [2.24, 2.45) is 0 Å². The molecule has 0 radical (unpaired) electrons. The zero-order chi connectivity index (χ0) is 14.5. The van der Waals surface area contributed by atoms with Crippen molar-refractivity contribution >= 4 is 39.2 Å². The van der Waals surface area contributed by atoms with Gasteiger partial charge in [-0.1, -0.05) is 12.1 Å². The van der Waals surface area contributed by atoms with E-state index in [9.17, 15) is 4.79 Å². The van der Waals surface area contributed by atoms with Crippen molar-refractivity contribution in [3.8, 4) is 0 Å². The van der Waals surface area contributed by atoms with Crippen molar-refractivity contribution in [1.29, 1.82) is 0 Å². The summed E-state index contributed by atoms with van der Waals surface area (Å²) in [6, 6.07) is 7.96. The molecule has 0 bridgehead atoms. The molecule has 2 rings (SSSR count).